The van der Waals surface area contributed by atoms with Crippen molar-refractivity contribution in [2.75, 3.05) is 44.8 Å². The van der Waals surface area contributed by atoms with Gasteiger partial charge in [0.2, 0.25) is 0 Å². The lowest BCUT2D eigenvalue weighted by Gasteiger charge is -2.35. The van der Waals surface area contributed by atoms with E-state index in [2.05, 4.69) is 4.90 Å². The normalized spacial score (nSPS) is 18.2. The summed E-state index contributed by atoms with van der Waals surface area (Å²) in [4.78, 5) is 42.4. The summed E-state index contributed by atoms with van der Waals surface area (Å²) < 4.78 is 23.3. The van der Waals surface area contributed by atoms with E-state index in [0.717, 1.165) is 4.90 Å². The second-order valence-electron chi connectivity index (χ2n) is 7.31. The van der Waals surface area contributed by atoms with Gasteiger partial charge in [-0.15, -0.1) is 12.4 Å². The predicted molar refractivity (Wildman–Crippen MR) is 117 cm³/mol. The summed E-state index contributed by atoms with van der Waals surface area (Å²) in [5.74, 6) is -0.611. The second-order valence-corrected chi connectivity index (χ2v) is 7.31. The minimum Gasteiger partial charge on any atom is -0.492 e. The van der Waals surface area contributed by atoms with Crippen molar-refractivity contribution in [3.05, 3.63) is 59.9 Å². The van der Waals surface area contributed by atoms with Crippen LogP contribution in [0.4, 0.5) is 14.9 Å². The number of carbonyl (C=O) groups is 3. The van der Waals surface area contributed by atoms with Crippen LogP contribution in [0.1, 0.15) is 10.4 Å². The van der Waals surface area contributed by atoms with Crippen molar-refractivity contribution in [2.45, 2.75) is 6.04 Å². The van der Waals surface area contributed by atoms with Crippen LogP contribution in [0.15, 0.2) is 48.5 Å². The molecule has 2 heterocycles. The highest BCUT2D eigenvalue weighted by Crippen LogP contribution is 2.28. The van der Waals surface area contributed by atoms with E-state index in [-0.39, 0.29) is 35.7 Å². The van der Waals surface area contributed by atoms with Gasteiger partial charge in [-0.3, -0.25) is 9.69 Å². The first-order valence-corrected chi connectivity index (χ1v) is 9.91. The molecule has 8 nitrogen and oxygen atoms in total. The molecule has 2 aromatic carbocycles. The molecule has 1 unspecified atom stereocenters. The van der Waals surface area contributed by atoms with Gasteiger partial charge in [-0.2, -0.15) is 0 Å². The second kappa shape index (κ2) is 9.97. The number of carbonyl (C=O) groups excluding carboxylic acids is 3. The highest BCUT2D eigenvalue weighted by Gasteiger charge is 2.48. The highest BCUT2D eigenvalue weighted by molar-refractivity contribution is 6.21. The van der Waals surface area contributed by atoms with E-state index in [0.29, 0.717) is 44.2 Å². The summed E-state index contributed by atoms with van der Waals surface area (Å²) in [7, 11) is 1.27. The maximum absolute atomic E-state index is 13.0. The van der Waals surface area contributed by atoms with E-state index in [1.807, 2.05) is 0 Å². The number of rotatable bonds is 6. The highest BCUT2D eigenvalue weighted by atomic mass is 35.5. The van der Waals surface area contributed by atoms with Gasteiger partial charge in [-0.1, -0.05) is 6.07 Å². The van der Waals surface area contributed by atoms with Crippen LogP contribution < -0.4 is 9.64 Å². The fraction of sp³-hybridized carbons (Fsp3) is 0.318. The zero-order chi connectivity index (χ0) is 22.0. The fourth-order valence-electron chi connectivity index (χ4n) is 3.81. The molecule has 4 rings (SSSR count). The molecule has 170 valence electrons. The van der Waals surface area contributed by atoms with Crippen molar-refractivity contribution in [3.8, 4) is 5.75 Å². The number of ether oxygens (including phenoxy) is 2. The fourth-order valence-corrected chi connectivity index (χ4v) is 3.81. The van der Waals surface area contributed by atoms with Crippen molar-refractivity contribution < 1.29 is 28.2 Å². The topological polar surface area (TPSA) is 79.4 Å². The molecule has 0 aromatic heterocycles. The lowest BCUT2D eigenvalue weighted by molar-refractivity contribution is -0.121. The van der Waals surface area contributed by atoms with Crippen molar-refractivity contribution in [1.29, 1.82) is 0 Å². The third-order valence-electron chi connectivity index (χ3n) is 5.42. The number of imide groups is 1. The van der Waals surface area contributed by atoms with Gasteiger partial charge in [0.1, 0.15) is 24.2 Å². The Kier molecular flexibility index (Phi) is 7.32. The van der Waals surface area contributed by atoms with Gasteiger partial charge in [-0.05, 0) is 42.5 Å². The molecular weight excluding hydrogens is 441 g/mol. The molecule has 1 atom stereocenters. The smallest absolute Gasteiger partial charge is 0.337 e. The summed E-state index contributed by atoms with van der Waals surface area (Å²) >= 11 is 0. The Labute approximate surface area is 190 Å². The molecule has 0 bridgehead atoms. The van der Waals surface area contributed by atoms with E-state index < -0.39 is 12.0 Å². The van der Waals surface area contributed by atoms with E-state index >= 15 is 0 Å². The number of piperazine rings is 1. The number of urea groups is 1. The average molecular weight is 464 g/mol. The summed E-state index contributed by atoms with van der Waals surface area (Å²) in [5, 5.41) is 0. The van der Waals surface area contributed by atoms with E-state index in [9.17, 15) is 18.8 Å². The van der Waals surface area contributed by atoms with Crippen LogP contribution in [0.25, 0.3) is 0 Å². The van der Waals surface area contributed by atoms with Gasteiger partial charge in [0.25, 0.3) is 5.91 Å². The average Bonchev–Trinajstić information content (AvgIpc) is 3.04. The van der Waals surface area contributed by atoms with Crippen molar-refractivity contribution in [3.63, 3.8) is 0 Å². The first-order chi connectivity index (χ1) is 15.0. The molecule has 0 spiro atoms. The van der Waals surface area contributed by atoms with Gasteiger partial charge in [0.15, 0.2) is 0 Å². The van der Waals surface area contributed by atoms with Gasteiger partial charge < -0.3 is 14.4 Å². The third-order valence-corrected chi connectivity index (χ3v) is 5.42. The van der Waals surface area contributed by atoms with E-state index in [1.165, 1.54) is 25.3 Å². The van der Waals surface area contributed by atoms with E-state index in [4.69, 9.17) is 9.47 Å². The minimum absolute atomic E-state index is 0. The number of halogens is 2. The molecule has 2 aliphatic heterocycles. The molecule has 2 fully saturated rings. The summed E-state index contributed by atoms with van der Waals surface area (Å²) in [6, 6.07) is 11.1. The minimum atomic E-state index is -0.589. The standard InChI is InChI=1S/C22H22FN3O5.ClH/c1-30-21(28)15-3-2-4-17(13-15)26-20(27)19-14-24(9-10-25(19)22(26)29)11-12-31-18-7-5-16(23)6-8-18;/h2-8,13,19H,9-12,14H2,1H3;1H. The number of fused-ring (bicyclic) bond motifs is 1. The first kappa shape index (κ1) is 23.5. The van der Waals surface area contributed by atoms with Gasteiger partial charge >= 0.3 is 12.0 Å². The van der Waals surface area contributed by atoms with Crippen LogP contribution in [0, 0.1) is 5.82 Å². The number of hydrogen-bond acceptors (Lipinski definition) is 6. The molecule has 0 aliphatic carbocycles. The third kappa shape index (κ3) is 4.68. The van der Waals surface area contributed by atoms with Crippen LogP contribution in [0.5, 0.6) is 5.75 Å². The zero-order valence-corrected chi connectivity index (χ0v) is 18.2. The lowest BCUT2D eigenvalue weighted by atomic mass is 10.1. The molecule has 3 amide bonds. The number of amides is 3. The molecular formula is C22H23ClFN3O5. The lowest BCUT2D eigenvalue weighted by Crippen LogP contribution is -2.53. The Balaban J connectivity index is 0.00000289. The largest absolute Gasteiger partial charge is 0.492 e. The number of anilines is 1. The number of benzene rings is 2. The van der Waals surface area contributed by atoms with Gasteiger partial charge in [0.05, 0.1) is 18.4 Å². The number of nitrogens with zero attached hydrogens (tertiary/aromatic N) is 3. The maximum Gasteiger partial charge on any atom is 0.337 e. The zero-order valence-electron chi connectivity index (χ0n) is 17.4. The molecule has 2 aromatic rings. The Hall–Kier alpha value is -3.17. The van der Waals surface area contributed by atoms with Crippen LogP contribution in [-0.2, 0) is 9.53 Å². The van der Waals surface area contributed by atoms with Crippen molar-refractivity contribution >= 4 is 36.0 Å². The monoisotopic (exact) mass is 463 g/mol. The van der Waals surface area contributed by atoms with Crippen molar-refractivity contribution in [1.82, 2.24) is 9.80 Å². The Bertz CT molecular complexity index is 1000. The predicted octanol–water partition coefficient (Wildman–Crippen LogP) is 2.57. The van der Waals surface area contributed by atoms with E-state index in [1.54, 1.807) is 35.2 Å². The molecule has 32 heavy (non-hydrogen) atoms. The van der Waals surface area contributed by atoms with Crippen LogP contribution in [-0.4, -0.2) is 73.6 Å². The van der Waals surface area contributed by atoms with Crippen LogP contribution in [0.3, 0.4) is 0 Å². The Morgan fingerprint density at radius 2 is 1.88 bits per heavy atom. The quantitative estimate of drug-likeness (QED) is 0.484. The van der Waals surface area contributed by atoms with Gasteiger partial charge in [0, 0.05) is 26.2 Å². The van der Waals surface area contributed by atoms with Gasteiger partial charge in [-0.25, -0.2) is 18.9 Å². The Morgan fingerprint density at radius 1 is 1.12 bits per heavy atom. The molecule has 0 radical (unpaired) electrons. The molecule has 2 aliphatic rings. The molecule has 0 saturated carbocycles. The maximum atomic E-state index is 13.0. The molecule has 2 saturated heterocycles. The van der Waals surface area contributed by atoms with Crippen molar-refractivity contribution in [2.24, 2.45) is 0 Å². The van der Waals surface area contributed by atoms with Crippen LogP contribution in [0.2, 0.25) is 0 Å². The number of hydrogen-bond donors (Lipinski definition) is 0. The summed E-state index contributed by atoms with van der Waals surface area (Å²) in [6.45, 7) is 2.37. The number of esters is 1. The number of methoxy groups -OCH3 is 1. The molecule has 0 N–H and O–H groups in total. The Morgan fingerprint density at radius 3 is 2.59 bits per heavy atom. The SMILES string of the molecule is COC(=O)c1cccc(N2C(=O)C3CN(CCOc4ccc(F)cc4)CCN3C2=O)c1.Cl. The summed E-state index contributed by atoms with van der Waals surface area (Å²) in [5.41, 5.74) is 0.614. The molecule has 10 heteroatoms. The first-order valence-electron chi connectivity index (χ1n) is 9.91. The summed E-state index contributed by atoms with van der Waals surface area (Å²) in [6.07, 6.45) is 0. The van der Waals surface area contributed by atoms with Crippen LogP contribution >= 0.6 is 12.4 Å².